The monoisotopic (exact) mass is 448 g/mol. The minimum absolute atomic E-state index is 0.0157. The van der Waals surface area contributed by atoms with E-state index in [9.17, 15) is 14.0 Å². The van der Waals surface area contributed by atoms with E-state index in [-0.39, 0.29) is 30.4 Å². The van der Waals surface area contributed by atoms with Gasteiger partial charge in [-0.25, -0.2) is 4.39 Å². The predicted octanol–water partition coefficient (Wildman–Crippen LogP) is 4.97. The Hall–Kier alpha value is -2.99. The second-order valence-electron chi connectivity index (χ2n) is 8.57. The van der Waals surface area contributed by atoms with Crippen molar-refractivity contribution in [2.75, 3.05) is 13.1 Å². The zero-order valence-corrected chi connectivity index (χ0v) is 18.8. The van der Waals surface area contributed by atoms with Gasteiger partial charge in [0.25, 0.3) is 5.91 Å². The van der Waals surface area contributed by atoms with E-state index in [0.717, 1.165) is 30.4 Å². The van der Waals surface area contributed by atoms with Gasteiger partial charge in [0.05, 0.1) is 6.04 Å². The van der Waals surface area contributed by atoms with Crippen LogP contribution in [0.2, 0.25) is 0 Å². The number of hydrogen-bond donors (Lipinski definition) is 0. The third-order valence-corrected chi connectivity index (χ3v) is 7.39. The van der Waals surface area contributed by atoms with Crippen LogP contribution in [-0.2, 0) is 11.2 Å². The highest BCUT2D eigenvalue weighted by atomic mass is 32.1. The summed E-state index contributed by atoms with van der Waals surface area (Å²) in [6, 6.07) is 15.9. The van der Waals surface area contributed by atoms with Gasteiger partial charge in [0.1, 0.15) is 12.4 Å². The molecule has 1 aliphatic carbocycles. The third-order valence-electron chi connectivity index (χ3n) is 6.39. The number of halogens is 1. The number of fused-ring (bicyclic) bond motifs is 1. The van der Waals surface area contributed by atoms with Crippen molar-refractivity contribution in [3.8, 4) is 0 Å². The minimum atomic E-state index is -0.446. The fourth-order valence-electron chi connectivity index (χ4n) is 4.59. The third kappa shape index (κ3) is 3.95. The lowest BCUT2D eigenvalue weighted by molar-refractivity contribution is -0.134. The average Bonchev–Trinajstić information content (AvgIpc) is 3.52. The van der Waals surface area contributed by atoms with Crippen molar-refractivity contribution < 1.29 is 14.0 Å². The molecule has 32 heavy (non-hydrogen) atoms. The first-order valence-corrected chi connectivity index (χ1v) is 11.9. The maximum atomic E-state index is 13.7. The van der Waals surface area contributed by atoms with Crippen molar-refractivity contribution in [1.29, 1.82) is 0 Å². The van der Waals surface area contributed by atoms with Crippen molar-refractivity contribution in [2.24, 2.45) is 0 Å². The number of carbonyl (C=O) groups excluding carboxylic acids is 2. The van der Waals surface area contributed by atoms with Crippen molar-refractivity contribution in [2.45, 2.75) is 38.3 Å². The van der Waals surface area contributed by atoms with Gasteiger partial charge in [0, 0.05) is 23.0 Å². The molecular weight excluding hydrogens is 423 g/mol. The molecule has 0 radical (unpaired) electrons. The molecule has 0 saturated heterocycles. The van der Waals surface area contributed by atoms with Crippen LogP contribution >= 0.6 is 11.3 Å². The summed E-state index contributed by atoms with van der Waals surface area (Å²) in [5.41, 5.74) is 3.73. The van der Waals surface area contributed by atoms with Gasteiger partial charge in [-0.1, -0.05) is 30.3 Å². The molecule has 6 heteroatoms. The normalized spacial score (nSPS) is 17.7. The molecule has 3 aromatic rings. The molecule has 1 fully saturated rings. The summed E-state index contributed by atoms with van der Waals surface area (Å²) in [7, 11) is 0. The van der Waals surface area contributed by atoms with E-state index in [1.165, 1.54) is 28.6 Å². The van der Waals surface area contributed by atoms with Gasteiger partial charge in [-0.05, 0) is 72.5 Å². The van der Waals surface area contributed by atoms with Gasteiger partial charge in [-0.15, -0.1) is 11.3 Å². The topological polar surface area (TPSA) is 40.6 Å². The number of thiophene rings is 1. The van der Waals surface area contributed by atoms with Gasteiger partial charge in [0.2, 0.25) is 5.91 Å². The van der Waals surface area contributed by atoms with Crippen molar-refractivity contribution in [1.82, 2.24) is 9.80 Å². The zero-order valence-electron chi connectivity index (χ0n) is 18.0. The zero-order chi connectivity index (χ0) is 22.2. The Kier molecular flexibility index (Phi) is 5.55. The second-order valence-corrected chi connectivity index (χ2v) is 9.57. The molecule has 0 spiro atoms. The molecule has 0 bridgehead atoms. The van der Waals surface area contributed by atoms with Crippen LogP contribution in [0.15, 0.2) is 60.0 Å². The van der Waals surface area contributed by atoms with E-state index < -0.39 is 5.82 Å². The molecule has 5 rings (SSSR count). The summed E-state index contributed by atoms with van der Waals surface area (Å²) in [5.74, 6) is -0.786. The van der Waals surface area contributed by atoms with Gasteiger partial charge in [-0.2, -0.15) is 0 Å². The van der Waals surface area contributed by atoms with Crippen LogP contribution < -0.4 is 0 Å². The van der Waals surface area contributed by atoms with E-state index in [1.807, 2.05) is 17.0 Å². The smallest absolute Gasteiger partial charge is 0.254 e. The van der Waals surface area contributed by atoms with Gasteiger partial charge >= 0.3 is 0 Å². The highest BCUT2D eigenvalue weighted by Gasteiger charge is 2.38. The lowest BCUT2D eigenvalue weighted by atomic mass is 9.90. The number of carbonyl (C=O) groups is 2. The number of aryl methyl sites for hydroxylation is 1. The van der Waals surface area contributed by atoms with E-state index >= 15 is 0 Å². The van der Waals surface area contributed by atoms with Crippen molar-refractivity contribution in [3.63, 3.8) is 0 Å². The van der Waals surface area contributed by atoms with Crippen LogP contribution in [0.1, 0.15) is 50.8 Å². The molecule has 2 amide bonds. The van der Waals surface area contributed by atoms with Crippen LogP contribution in [-0.4, -0.2) is 40.7 Å². The Morgan fingerprint density at radius 1 is 1.09 bits per heavy atom. The molecule has 164 valence electrons. The van der Waals surface area contributed by atoms with E-state index in [2.05, 4.69) is 30.5 Å². The van der Waals surface area contributed by atoms with Crippen molar-refractivity contribution in [3.05, 3.63) is 92.9 Å². The average molecular weight is 449 g/mol. The van der Waals surface area contributed by atoms with E-state index in [4.69, 9.17) is 0 Å². The highest BCUT2D eigenvalue weighted by Crippen LogP contribution is 2.39. The lowest BCUT2D eigenvalue weighted by Crippen LogP contribution is -2.47. The maximum absolute atomic E-state index is 13.7. The van der Waals surface area contributed by atoms with Gasteiger partial charge in [-0.3, -0.25) is 9.59 Å². The molecule has 0 N–H and O–H groups in total. The van der Waals surface area contributed by atoms with Crippen LogP contribution in [0.5, 0.6) is 0 Å². The fraction of sp³-hybridized carbons (Fsp3) is 0.308. The van der Waals surface area contributed by atoms with E-state index in [1.54, 1.807) is 22.3 Å². The highest BCUT2D eigenvalue weighted by molar-refractivity contribution is 7.10. The van der Waals surface area contributed by atoms with Crippen LogP contribution in [0.25, 0.3) is 0 Å². The number of nitrogens with zero attached hydrogens (tertiary/aromatic N) is 2. The number of amides is 2. The Balaban J connectivity index is 1.44. The Labute approximate surface area is 191 Å². The summed E-state index contributed by atoms with van der Waals surface area (Å²) in [4.78, 5) is 31.7. The summed E-state index contributed by atoms with van der Waals surface area (Å²) >= 11 is 1.74. The molecule has 2 aliphatic rings. The fourth-order valence-corrected chi connectivity index (χ4v) is 5.49. The SMILES string of the molecule is Cc1ccccc1C1c2ccsc2CCN1C(=O)CN(C(=O)c1cccc(F)c1)C1CC1. The largest absolute Gasteiger partial charge is 0.330 e. The number of benzene rings is 2. The van der Waals surface area contributed by atoms with Gasteiger partial charge < -0.3 is 9.80 Å². The molecular formula is C26H25FN2O2S. The first kappa shape index (κ1) is 20.9. The van der Waals surface area contributed by atoms with Crippen LogP contribution in [0.3, 0.4) is 0 Å². The quantitative estimate of drug-likeness (QED) is 0.553. The Bertz CT molecular complexity index is 1170. The van der Waals surface area contributed by atoms with Gasteiger partial charge in [0.15, 0.2) is 0 Å². The Morgan fingerprint density at radius 3 is 2.66 bits per heavy atom. The summed E-state index contributed by atoms with van der Waals surface area (Å²) in [6.45, 7) is 2.71. The molecule has 2 aromatic carbocycles. The molecule has 2 heterocycles. The number of rotatable bonds is 5. The first-order valence-electron chi connectivity index (χ1n) is 11.0. The maximum Gasteiger partial charge on any atom is 0.254 e. The molecule has 1 unspecified atom stereocenters. The Morgan fingerprint density at radius 2 is 1.91 bits per heavy atom. The van der Waals surface area contributed by atoms with Crippen molar-refractivity contribution >= 4 is 23.2 Å². The minimum Gasteiger partial charge on any atom is -0.330 e. The van der Waals surface area contributed by atoms with Crippen LogP contribution in [0.4, 0.5) is 4.39 Å². The standard InChI is InChI=1S/C26H25FN2O2S/c1-17-5-2-3-8-21(17)25-22-12-14-32-23(22)11-13-28(25)24(30)16-29(20-9-10-20)26(31)18-6-4-7-19(27)15-18/h2-8,12,14-15,20,25H,9-11,13,16H2,1H3. The predicted molar refractivity (Wildman–Crippen MR) is 123 cm³/mol. The summed E-state index contributed by atoms with van der Waals surface area (Å²) < 4.78 is 13.7. The van der Waals surface area contributed by atoms with E-state index in [0.29, 0.717) is 12.1 Å². The lowest BCUT2D eigenvalue weighted by Gasteiger charge is -2.38. The second kappa shape index (κ2) is 8.51. The molecule has 1 saturated carbocycles. The molecule has 1 aromatic heterocycles. The number of hydrogen-bond acceptors (Lipinski definition) is 3. The van der Waals surface area contributed by atoms with Crippen LogP contribution in [0, 0.1) is 12.7 Å². The molecule has 1 aliphatic heterocycles. The first-order chi connectivity index (χ1) is 15.5. The summed E-state index contributed by atoms with van der Waals surface area (Å²) in [6.07, 6.45) is 2.58. The summed E-state index contributed by atoms with van der Waals surface area (Å²) in [5, 5.41) is 2.09. The molecule has 4 nitrogen and oxygen atoms in total. The molecule has 1 atom stereocenters.